The molecule has 6 nitrogen and oxygen atoms in total. The number of hydrogen-bond donors (Lipinski definition) is 1. The Morgan fingerprint density at radius 3 is 2.59 bits per heavy atom. The number of rotatable bonds is 9. The van der Waals surface area contributed by atoms with E-state index < -0.39 is 0 Å². The molecule has 1 fully saturated rings. The molecule has 2 heterocycles. The Morgan fingerprint density at radius 2 is 1.91 bits per heavy atom. The summed E-state index contributed by atoms with van der Waals surface area (Å²) >= 11 is 5.93. The number of furan rings is 1. The lowest BCUT2D eigenvalue weighted by Crippen LogP contribution is -2.36. The van der Waals surface area contributed by atoms with Gasteiger partial charge in [0.25, 0.3) is 5.91 Å². The van der Waals surface area contributed by atoms with Gasteiger partial charge in [-0.3, -0.25) is 9.69 Å². The van der Waals surface area contributed by atoms with Crippen LogP contribution < -0.4 is 14.8 Å². The molecule has 0 saturated carbocycles. The molecular weight excluding hydrogens is 428 g/mol. The summed E-state index contributed by atoms with van der Waals surface area (Å²) in [6, 6.07) is 16.5. The Hall–Kier alpha value is -2.96. The molecule has 0 radical (unpaired) electrons. The first-order chi connectivity index (χ1) is 15.6. The fourth-order valence-corrected chi connectivity index (χ4v) is 4.03. The SMILES string of the molecule is COc1cc(C(=O)NC[C@@H](c2ccco2)N2CCCC2)ccc1OCc1ccc(Cl)cc1. The second kappa shape index (κ2) is 10.6. The van der Waals surface area contributed by atoms with Gasteiger partial charge in [-0.1, -0.05) is 23.7 Å². The molecule has 7 heteroatoms. The predicted octanol–water partition coefficient (Wildman–Crippen LogP) is 5.09. The number of nitrogens with one attached hydrogen (secondary N) is 1. The Bertz CT molecular complexity index is 1010. The molecule has 1 aliphatic rings. The van der Waals surface area contributed by atoms with Crippen LogP contribution in [0, 0.1) is 0 Å². The van der Waals surface area contributed by atoms with Crippen molar-refractivity contribution in [1.82, 2.24) is 10.2 Å². The summed E-state index contributed by atoms with van der Waals surface area (Å²) in [5.41, 5.74) is 1.50. The molecule has 4 rings (SSSR count). The highest BCUT2D eigenvalue weighted by Gasteiger charge is 2.26. The number of carbonyl (C=O) groups excluding carboxylic acids is 1. The van der Waals surface area contributed by atoms with Crippen LogP contribution in [0.2, 0.25) is 5.02 Å². The normalized spacial score (nSPS) is 14.8. The average Bonchev–Trinajstić information content (AvgIpc) is 3.54. The molecule has 1 N–H and O–H groups in total. The minimum atomic E-state index is -0.164. The van der Waals surface area contributed by atoms with Gasteiger partial charge in [0.15, 0.2) is 11.5 Å². The van der Waals surface area contributed by atoms with E-state index in [0.717, 1.165) is 24.4 Å². The zero-order valence-corrected chi connectivity index (χ0v) is 18.8. The molecule has 1 amide bonds. The maximum Gasteiger partial charge on any atom is 0.251 e. The van der Waals surface area contributed by atoms with Crippen LogP contribution in [0.4, 0.5) is 0 Å². The van der Waals surface area contributed by atoms with E-state index in [2.05, 4.69) is 10.2 Å². The fourth-order valence-electron chi connectivity index (χ4n) is 3.90. The van der Waals surface area contributed by atoms with Crippen molar-refractivity contribution in [2.24, 2.45) is 0 Å². The fraction of sp³-hybridized carbons (Fsp3) is 0.320. The average molecular weight is 455 g/mol. The van der Waals surface area contributed by atoms with E-state index in [0.29, 0.717) is 35.2 Å². The Kier molecular flexibility index (Phi) is 7.35. The van der Waals surface area contributed by atoms with Crippen molar-refractivity contribution in [2.75, 3.05) is 26.7 Å². The van der Waals surface area contributed by atoms with Gasteiger partial charge in [0, 0.05) is 17.1 Å². The summed E-state index contributed by atoms with van der Waals surface area (Å²) in [4.78, 5) is 15.2. The van der Waals surface area contributed by atoms with E-state index in [-0.39, 0.29) is 11.9 Å². The van der Waals surface area contributed by atoms with Crippen molar-refractivity contribution < 1.29 is 18.7 Å². The van der Waals surface area contributed by atoms with Crippen LogP contribution in [0.15, 0.2) is 65.3 Å². The lowest BCUT2D eigenvalue weighted by Gasteiger charge is -2.26. The van der Waals surface area contributed by atoms with Crippen LogP contribution in [0.5, 0.6) is 11.5 Å². The van der Waals surface area contributed by atoms with Gasteiger partial charge in [0.05, 0.1) is 19.4 Å². The maximum atomic E-state index is 12.9. The Morgan fingerprint density at radius 1 is 1.12 bits per heavy atom. The predicted molar refractivity (Wildman–Crippen MR) is 123 cm³/mol. The van der Waals surface area contributed by atoms with Crippen LogP contribution in [-0.2, 0) is 6.61 Å². The van der Waals surface area contributed by atoms with Gasteiger partial charge < -0.3 is 19.2 Å². The summed E-state index contributed by atoms with van der Waals surface area (Å²) in [5, 5.41) is 3.73. The third-order valence-electron chi connectivity index (χ3n) is 5.64. The monoisotopic (exact) mass is 454 g/mol. The zero-order chi connectivity index (χ0) is 22.3. The molecule has 1 atom stereocenters. The van der Waals surface area contributed by atoms with Crippen LogP contribution in [-0.4, -0.2) is 37.6 Å². The highest BCUT2D eigenvalue weighted by molar-refractivity contribution is 6.30. The van der Waals surface area contributed by atoms with Gasteiger partial charge in [-0.05, 0) is 74.0 Å². The van der Waals surface area contributed by atoms with Crippen LogP contribution in [0.3, 0.4) is 0 Å². The van der Waals surface area contributed by atoms with Crippen LogP contribution in [0.1, 0.15) is 40.6 Å². The van der Waals surface area contributed by atoms with E-state index in [1.807, 2.05) is 36.4 Å². The molecule has 0 unspecified atom stereocenters. The van der Waals surface area contributed by atoms with Gasteiger partial charge in [-0.2, -0.15) is 0 Å². The van der Waals surface area contributed by atoms with Gasteiger partial charge in [-0.25, -0.2) is 0 Å². The summed E-state index contributed by atoms with van der Waals surface area (Å²) < 4.78 is 17.0. The van der Waals surface area contributed by atoms with Crippen molar-refractivity contribution >= 4 is 17.5 Å². The first kappa shape index (κ1) is 22.2. The number of amides is 1. The van der Waals surface area contributed by atoms with Crippen LogP contribution in [0.25, 0.3) is 0 Å². The second-order valence-electron chi connectivity index (χ2n) is 7.77. The van der Waals surface area contributed by atoms with E-state index >= 15 is 0 Å². The highest BCUT2D eigenvalue weighted by Crippen LogP contribution is 2.29. The lowest BCUT2D eigenvalue weighted by atomic mass is 10.1. The standard InChI is InChI=1S/C25H27ClN2O4/c1-30-24-15-19(8-11-23(24)32-17-18-6-9-20(26)10-7-18)25(29)27-16-21(22-5-4-14-31-22)28-12-2-3-13-28/h4-11,14-15,21H,2-3,12-13,16-17H2,1H3,(H,27,29)/t21-/m0/s1. The quantitative estimate of drug-likeness (QED) is 0.488. The van der Waals surface area contributed by atoms with E-state index in [1.165, 1.54) is 12.8 Å². The molecule has 2 aromatic carbocycles. The topological polar surface area (TPSA) is 63.9 Å². The number of carbonyl (C=O) groups is 1. The second-order valence-corrected chi connectivity index (χ2v) is 8.20. The van der Waals surface area contributed by atoms with E-state index in [4.69, 9.17) is 25.5 Å². The first-order valence-corrected chi connectivity index (χ1v) is 11.1. The minimum Gasteiger partial charge on any atom is -0.493 e. The molecule has 0 spiro atoms. The molecule has 168 valence electrons. The first-order valence-electron chi connectivity index (χ1n) is 10.7. The number of likely N-dealkylation sites (tertiary alicyclic amines) is 1. The van der Waals surface area contributed by atoms with E-state index in [9.17, 15) is 4.79 Å². The number of benzene rings is 2. The molecule has 1 saturated heterocycles. The number of methoxy groups -OCH3 is 1. The molecule has 1 aliphatic heterocycles. The van der Waals surface area contributed by atoms with E-state index in [1.54, 1.807) is 31.6 Å². The van der Waals surface area contributed by atoms with Gasteiger partial charge in [0.1, 0.15) is 12.4 Å². The number of hydrogen-bond acceptors (Lipinski definition) is 5. The summed E-state index contributed by atoms with van der Waals surface area (Å²) in [6.07, 6.45) is 4.01. The minimum absolute atomic E-state index is 0.0281. The highest BCUT2D eigenvalue weighted by atomic mass is 35.5. The number of nitrogens with zero attached hydrogens (tertiary/aromatic N) is 1. The number of halogens is 1. The summed E-state index contributed by atoms with van der Waals surface area (Å²) in [7, 11) is 1.56. The van der Waals surface area contributed by atoms with Crippen molar-refractivity contribution in [3.05, 3.63) is 82.8 Å². The third-order valence-corrected chi connectivity index (χ3v) is 5.89. The number of ether oxygens (including phenoxy) is 2. The molecule has 32 heavy (non-hydrogen) atoms. The molecule has 0 aliphatic carbocycles. The molecule has 0 bridgehead atoms. The molecule has 3 aromatic rings. The lowest BCUT2D eigenvalue weighted by molar-refractivity contribution is 0.0933. The van der Waals surface area contributed by atoms with Crippen molar-refractivity contribution in [1.29, 1.82) is 0 Å². The largest absolute Gasteiger partial charge is 0.493 e. The van der Waals surface area contributed by atoms with Crippen molar-refractivity contribution in [3.8, 4) is 11.5 Å². The van der Waals surface area contributed by atoms with Gasteiger partial charge in [-0.15, -0.1) is 0 Å². The Balaban J connectivity index is 1.40. The van der Waals surface area contributed by atoms with Gasteiger partial charge in [0.2, 0.25) is 0 Å². The summed E-state index contributed by atoms with van der Waals surface area (Å²) in [6.45, 7) is 2.87. The van der Waals surface area contributed by atoms with Crippen LogP contribution >= 0.6 is 11.6 Å². The molecule has 1 aromatic heterocycles. The molecular formula is C25H27ClN2O4. The smallest absolute Gasteiger partial charge is 0.251 e. The maximum absolute atomic E-state index is 12.9. The summed E-state index contributed by atoms with van der Waals surface area (Å²) in [5.74, 6) is 1.79. The Labute approximate surface area is 193 Å². The third kappa shape index (κ3) is 5.44. The zero-order valence-electron chi connectivity index (χ0n) is 18.1. The van der Waals surface area contributed by atoms with Gasteiger partial charge >= 0.3 is 0 Å². The van der Waals surface area contributed by atoms with Crippen molar-refractivity contribution in [3.63, 3.8) is 0 Å². The van der Waals surface area contributed by atoms with Crippen molar-refractivity contribution in [2.45, 2.75) is 25.5 Å².